The number of hydrogen-bond donors (Lipinski definition) is 2. The van der Waals surface area contributed by atoms with E-state index in [1.54, 1.807) is 11.8 Å². The fraction of sp³-hybridized carbons (Fsp3) is 0.438. The van der Waals surface area contributed by atoms with E-state index in [1.807, 2.05) is 30.3 Å². The molecule has 0 spiro atoms. The van der Waals surface area contributed by atoms with Crippen molar-refractivity contribution >= 4 is 18.2 Å². The lowest BCUT2D eigenvalue weighted by molar-refractivity contribution is -0.145. The van der Waals surface area contributed by atoms with Gasteiger partial charge in [0.25, 0.3) is 0 Å². The van der Waals surface area contributed by atoms with Gasteiger partial charge in [-0.3, -0.25) is 14.5 Å². The monoisotopic (exact) mass is 304 g/mol. The highest BCUT2D eigenvalue weighted by atomic mass is 16.4. The maximum atomic E-state index is 11.6. The Morgan fingerprint density at radius 3 is 2.55 bits per heavy atom. The number of carbonyl (C=O) groups is 3. The van der Waals surface area contributed by atoms with Crippen LogP contribution in [0.2, 0.25) is 0 Å². The second-order valence-electron chi connectivity index (χ2n) is 5.77. The number of nitrogens with one attached hydrogen (secondary N) is 1. The summed E-state index contributed by atoms with van der Waals surface area (Å²) in [5.41, 5.74) is -0.0798. The predicted octanol–water partition coefficient (Wildman–Crippen LogP) is 1.01. The number of rotatable bonds is 5. The molecule has 1 saturated heterocycles. The summed E-state index contributed by atoms with van der Waals surface area (Å²) in [6.45, 7) is 3.42. The summed E-state index contributed by atoms with van der Waals surface area (Å²) >= 11 is 0. The Bertz CT molecular complexity index is 575. The molecule has 0 radical (unpaired) electrons. The van der Waals surface area contributed by atoms with Crippen molar-refractivity contribution in [2.45, 2.75) is 38.5 Å². The van der Waals surface area contributed by atoms with Gasteiger partial charge in [-0.25, -0.2) is 0 Å². The lowest BCUT2D eigenvalue weighted by atomic mass is 9.95. The van der Waals surface area contributed by atoms with E-state index in [0.29, 0.717) is 6.54 Å². The van der Waals surface area contributed by atoms with E-state index in [1.165, 1.54) is 6.92 Å². The van der Waals surface area contributed by atoms with Gasteiger partial charge in [-0.05, 0) is 18.9 Å². The van der Waals surface area contributed by atoms with Crippen molar-refractivity contribution in [2.24, 2.45) is 5.92 Å². The summed E-state index contributed by atoms with van der Waals surface area (Å²) in [4.78, 5) is 36.2. The normalized spacial score (nSPS) is 28.3. The van der Waals surface area contributed by atoms with E-state index in [2.05, 4.69) is 5.32 Å². The molecule has 1 aliphatic rings. The average molecular weight is 304 g/mol. The summed E-state index contributed by atoms with van der Waals surface area (Å²) in [6.07, 6.45) is 0.916. The SMILES string of the molecule is CC(=O)N[C@@]1(C)[C@H](C=O)C[C@H](C(=O)O)N1Cc1ccccc1. The minimum atomic E-state index is -1.01. The molecule has 1 aromatic carbocycles. The second kappa shape index (κ2) is 6.27. The lowest BCUT2D eigenvalue weighted by Crippen LogP contribution is -2.60. The van der Waals surface area contributed by atoms with Gasteiger partial charge >= 0.3 is 5.97 Å². The summed E-state index contributed by atoms with van der Waals surface area (Å²) in [6, 6.07) is 8.58. The zero-order valence-corrected chi connectivity index (χ0v) is 12.7. The standard InChI is InChI=1S/C16H20N2O4/c1-11(20)17-16(2)13(10-19)8-14(15(21)22)18(16)9-12-6-4-3-5-7-12/h3-7,10,13-14H,8-9H2,1-2H3,(H,17,20)(H,21,22)/t13-,14+,16+/m0/s1. The van der Waals surface area contributed by atoms with E-state index in [-0.39, 0.29) is 12.3 Å². The molecular formula is C16H20N2O4. The number of likely N-dealkylation sites (tertiary alicyclic amines) is 1. The van der Waals surface area contributed by atoms with Gasteiger partial charge in [0.1, 0.15) is 18.0 Å². The van der Waals surface area contributed by atoms with Gasteiger partial charge < -0.3 is 15.2 Å². The Morgan fingerprint density at radius 2 is 2.05 bits per heavy atom. The first-order valence-corrected chi connectivity index (χ1v) is 7.16. The molecule has 6 heteroatoms. The van der Waals surface area contributed by atoms with Crippen LogP contribution in [0.25, 0.3) is 0 Å². The number of carbonyl (C=O) groups excluding carboxylic acids is 2. The topological polar surface area (TPSA) is 86.7 Å². The molecule has 22 heavy (non-hydrogen) atoms. The number of aliphatic carboxylic acids is 1. The number of carboxylic acids is 1. The van der Waals surface area contributed by atoms with E-state index in [4.69, 9.17) is 0 Å². The first-order valence-electron chi connectivity index (χ1n) is 7.16. The van der Waals surface area contributed by atoms with Crippen LogP contribution in [0.15, 0.2) is 30.3 Å². The highest BCUT2D eigenvalue weighted by Gasteiger charge is 2.53. The summed E-state index contributed by atoms with van der Waals surface area (Å²) < 4.78 is 0. The molecular weight excluding hydrogens is 284 g/mol. The Balaban J connectivity index is 2.38. The quantitative estimate of drug-likeness (QED) is 0.793. The summed E-state index contributed by atoms with van der Waals surface area (Å²) in [5, 5.41) is 12.2. The van der Waals surface area contributed by atoms with E-state index >= 15 is 0 Å². The van der Waals surface area contributed by atoms with Crippen LogP contribution in [0, 0.1) is 5.92 Å². The van der Waals surface area contributed by atoms with Gasteiger partial charge in [0.2, 0.25) is 5.91 Å². The average Bonchev–Trinajstić information content (AvgIpc) is 2.72. The zero-order chi connectivity index (χ0) is 16.3. The van der Waals surface area contributed by atoms with Gasteiger partial charge in [0.05, 0.1) is 5.92 Å². The van der Waals surface area contributed by atoms with Gasteiger partial charge in [-0.15, -0.1) is 0 Å². The molecule has 1 fully saturated rings. The minimum Gasteiger partial charge on any atom is -0.480 e. The third-order valence-corrected chi connectivity index (χ3v) is 4.25. The molecule has 118 valence electrons. The van der Waals surface area contributed by atoms with Gasteiger partial charge in [0.15, 0.2) is 0 Å². The molecule has 1 amide bonds. The fourth-order valence-corrected chi connectivity index (χ4v) is 3.13. The molecule has 1 heterocycles. The van der Waals surface area contributed by atoms with E-state index in [0.717, 1.165) is 11.8 Å². The highest BCUT2D eigenvalue weighted by Crippen LogP contribution is 2.37. The molecule has 2 N–H and O–H groups in total. The van der Waals surface area contributed by atoms with Crippen molar-refractivity contribution < 1.29 is 19.5 Å². The molecule has 0 aliphatic carbocycles. The number of carboxylic acid groups (broad SMARTS) is 1. The molecule has 1 aliphatic heterocycles. The molecule has 0 saturated carbocycles. The molecule has 0 bridgehead atoms. The fourth-order valence-electron chi connectivity index (χ4n) is 3.13. The van der Waals surface area contributed by atoms with Crippen LogP contribution in [0.4, 0.5) is 0 Å². The maximum Gasteiger partial charge on any atom is 0.321 e. The second-order valence-corrected chi connectivity index (χ2v) is 5.77. The minimum absolute atomic E-state index is 0.183. The number of amides is 1. The molecule has 0 unspecified atom stereocenters. The summed E-state index contributed by atoms with van der Waals surface area (Å²) in [7, 11) is 0. The third-order valence-electron chi connectivity index (χ3n) is 4.25. The molecule has 1 aromatic rings. The van der Waals surface area contributed by atoms with Gasteiger partial charge in [-0.2, -0.15) is 0 Å². The third kappa shape index (κ3) is 3.01. The van der Waals surface area contributed by atoms with E-state index < -0.39 is 23.6 Å². The molecule has 3 atom stereocenters. The number of benzene rings is 1. The van der Waals surface area contributed by atoms with Crippen LogP contribution in [-0.2, 0) is 20.9 Å². The van der Waals surface area contributed by atoms with Crippen LogP contribution in [0.3, 0.4) is 0 Å². The van der Waals surface area contributed by atoms with Crippen molar-refractivity contribution in [2.75, 3.05) is 0 Å². The Kier molecular flexibility index (Phi) is 4.61. The Hall–Kier alpha value is -2.21. The predicted molar refractivity (Wildman–Crippen MR) is 79.8 cm³/mol. The largest absolute Gasteiger partial charge is 0.480 e. The van der Waals surface area contributed by atoms with Crippen LogP contribution in [-0.4, -0.2) is 39.9 Å². The molecule has 6 nitrogen and oxygen atoms in total. The van der Waals surface area contributed by atoms with Crippen molar-refractivity contribution in [3.8, 4) is 0 Å². The smallest absolute Gasteiger partial charge is 0.321 e. The Labute approximate surface area is 129 Å². The molecule has 0 aromatic heterocycles. The van der Waals surface area contributed by atoms with Gasteiger partial charge in [-0.1, -0.05) is 30.3 Å². The first-order chi connectivity index (χ1) is 10.4. The van der Waals surface area contributed by atoms with E-state index in [9.17, 15) is 19.5 Å². The van der Waals surface area contributed by atoms with Crippen LogP contribution in [0.1, 0.15) is 25.8 Å². The van der Waals surface area contributed by atoms with Crippen molar-refractivity contribution in [3.63, 3.8) is 0 Å². The maximum absolute atomic E-state index is 11.6. The van der Waals surface area contributed by atoms with Gasteiger partial charge in [0, 0.05) is 13.5 Å². The zero-order valence-electron chi connectivity index (χ0n) is 12.7. The first kappa shape index (κ1) is 16.2. The van der Waals surface area contributed by atoms with Crippen LogP contribution in [0.5, 0.6) is 0 Å². The number of nitrogens with zero attached hydrogens (tertiary/aromatic N) is 1. The molecule has 2 rings (SSSR count). The number of aldehydes is 1. The van der Waals surface area contributed by atoms with Crippen molar-refractivity contribution in [1.29, 1.82) is 0 Å². The van der Waals surface area contributed by atoms with Crippen molar-refractivity contribution in [3.05, 3.63) is 35.9 Å². The lowest BCUT2D eigenvalue weighted by Gasteiger charge is -2.39. The van der Waals surface area contributed by atoms with Crippen LogP contribution >= 0.6 is 0 Å². The number of hydrogen-bond acceptors (Lipinski definition) is 4. The van der Waals surface area contributed by atoms with Crippen LogP contribution < -0.4 is 5.32 Å². The summed E-state index contributed by atoms with van der Waals surface area (Å²) in [5.74, 6) is -1.85. The van der Waals surface area contributed by atoms with Crippen molar-refractivity contribution in [1.82, 2.24) is 10.2 Å². The Morgan fingerprint density at radius 1 is 1.41 bits per heavy atom. The highest BCUT2D eigenvalue weighted by molar-refractivity contribution is 5.78.